The van der Waals surface area contributed by atoms with E-state index in [9.17, 15) is 14.4 Å². The Morgan fingerprint density at radius 1 is 1.04 bits per heavy atom. The van der Waals surface area contributed by atoms with Crippen molar-refractivity contribution in [3.05, 3.63) is 65.2 Å². The number of carbonyl (C=O) groups excluding carboxylic acids is 2. The molecule has 2 aromatic rings. The molecule has 0 aliphatic carbocycles. The number of carboxylic acids is 1. The molecule has 0 unspecified atom stereocenters. The largest absolute Gasteiger partial charge is 0.494 e. The maximum atomic E-state index is 11.8. The lowest BCUT2D eigenvalue weighted by atomic mass is 10.1. The third kappa shape index (κ3) is 6.93. The predicted molar refractivity (Wildman–Crippen MR) is 101 cm³/mol. The van der Waals surface area contributed by atoms with Gasteiger partial charge in [-0.15, -0.1) is 0 Å². The van der Waals surface area contributed by atoms with Gasteiger partial charge in [-0.3, -0.25) is 9.59 Å². The molecule has 142 valence electrons. The van der Waals surface area contributed by atoms with E-state index in [1.165, 1.54) is 13.0 Å². The van der Waals surface area contributed by atoms with Crippen molar-refractivity contribution in [2.45, 2.75) is 26.2 Å². The van der Waals surface area contributed by atoms with E-state index >= 15 is 0 Å². The zero-order chi connectivity index (χ0) is 19.6. The molecule has 0 heterocycles. The summed E-state index contributed by atoms with van der Waals surface area (Å²) in [7, 11) is 0. The minimum atomic E-state index is -0.961. The monoisotopic (exact) mass is 369 g/mol. The highest BCUT2D eigenvalue weighted by atomic mass is 16.5. The first-order valence-electron chi connectivity index (χ1n) is 8.78. The fourth-order valence-electron chi connectivity index (χ4n) is 2.50. The zero-order valence-corrected chi connectivity index (χ0v) is 15.2. The average molecular weight is 369 g/mol. The molecule has 2 aromatic carbocycles. The Kier molecular flexibility index (Phi) is 7.55. The Morgan fingerprint density at radius 3 is 2.44 bits per heavy atom. The number of hydrogen-bond donors (Lipinski definition) is 2. The van der Waals surface area contributed by atoms with Gasteiger partial charge in [-0.05, 0) is 61.7 Å². The molecule has 0 atom stereocenters. The van der Waals surface area contributed by atoms with Crippen LogP contribution in [-0.4, -0.2) is 35.9 Å². The summed E-state index contributed by atoms with van der Waals surface area (Å²) in [5, 5.41) is 11.8. The number of ketones is 1. The van der Waals surface area contributed by atoms with Crippen molar-refractivity contribution >= 4 is 17.7 Å². The highest BCUT2D eigenvalue weighted by Crippen LogP contribution is 2.13. The number of nitrogens with one attached hydrogen (secondary N) is 1. The summed E-state index contributed by atoms with van der Waals surface area (Å²) < 4.78 is 5.55. The van der Waals surface area contributed by atoms with Crippen LogP contribution in [0.25, 0.3) is 0 Å². The third-order valence-electron chi connectivity index (χ3n) is 3.99. The second kappa shape index (κ2) is 10.1. The fraction of sp³-hybridized carbons (Fsp3) is 0.286. The minimum absolute atomic E-state index is 0.00732. The summed E-state index contributed by atoms with van der Waals surface area (Å²) in [6.07, 6.45) is 1.50. The van der Waals surface area contributed by atoms with Gasteiger partial charge in [0.25, 0.3) is 0 Å². The Labute approximate surface area is 158 Å². The van der Waals surface area contributed by atoms with Gasteiger partial charge in [-0.2, -0.15) is 0 Å². The Bertz CT molecular complexity index is 798. The Balaban J connectivity index is 1.63. The smallest absolute Gasteiger partial charge is 0.335 e. The Hall–Kier alpha value is -3.15. The number of rotatable bonds is 10. The van der Waals surface area contributed by atoms with Crippen molar-refractivity contribution in [2.75, 3.05) is 13.2 Å². The maximum absolute atomic E-state index is 11.8. The van der Waals surface area contributed by atoms with Crippen LogP contribution in [0.1, 0.15) is 46.0 Å². The normalized spacial score (nSPS) is 10.3. The summed E-state index contributed by atoms with van der Waals surface area (Å²) in [5.74, 6) is -0.358. The number of carboxylic acid groups (broad SMARTS) is 1. The van der Waals surface area contributed by atoms with E-state index in [4.69, 9.17) is 9.84 Å². The van der Waals surface area contributed by atoms with E-state index in [1.54, 1.807) is 36.4 Å². The molecular weight excluding hydrogens is 346 g/mol. The van der Waals surface area contributed by atoms with Crippen molar-refractivity contribution in [1.29, 1.82) is 0 Å². The SMILES string of the molecule is CC(=O)c1ccc(OCCCC(=O)NCCc2cccc(C(=O)O)c2)cc1. The van der Waals surface area contributed by atoms with Gasteiger partial charge >= 0.3 is 5.97 Å². The van der Waals surface area contributed by atoms with Gasteiger partial charge in [0.1, 0.15) is 5.75 Å². The summed E-state index contributed by atoms with van der Waals surface area (Å²) >= 11 is 0. The molecule has 0 bridgehead atoms. The number of carbonyl (C=O) groups is 3. The van der Waals surface area contributed by atoms with E-state index in [0.717, 1.165) is 5.56 Å². The molecule has 0 aliphatic heterocycles. The van der Waals surface area contributed by atoms with Crippen molar-refractivity contribution in [3.8, 4) is 5.75 Å². The highest BCUT2D eigenvalue weighted by molar-refractivity contribution is 5.94. The van der Waals surface area contributed by atoms with E-state index in [0.29, 0.717) is 43.7 Å². The summed E-state index contributed by atoms with van der Waals surface area (Å²) in [6.45, 7) is 2.38. The van der Waals surface area contributed by atoms with Crippen LogP contribution in [0.4, 0.5) is 0 Å². The molecular formula is C21H23NO5. The molecule has 0 radical (unpaired) electrons. The first-order chi connectivity index (χ1) is 13.0. The number of benzene rings is 2. The molecule has 0 spiro atoms. The van der Waals surface area contributed by atoms with Gasteiger partial charge in [-0.25, -0.2) is 4.79 Å². The van der Waals surface area contributed by atoms with Crippen molar-refractivity contribution in [2.24, 2.45) is 0 Å². The van der Waals surface area contributed by atoms with Gasteiger partial charge in [0, 0.05) is 18.5 Å². The zero-order valence-electron chi connectivity index (χ0n) is 15.2. The molecule has 6 nitrogen and oxygen atoms in total. The molecule has 6 heteroatoms. The van der Waals surface area contributed by atoms with Crippen LogP contribution in [0.15, 0.2) is 48.5 Å². The average Bonchev–Trinajstić information content (AvgIpc) is 2.66. The van der Waals surface area contributed by atoms with Crippen LogP contribution in [0.3, 0.4) is 0 Å². The van der Waals surface area contributed by atoms with Crippen LogP contribution in [0.5, 0.6) is 5.75 Å². The predicted octanol–water partition coefficient (Wildman–Crippen LogP) is 3.11. The van der Waals surface area contributed by atoms with Crippen LogP contribution in [0.2, 0.25) is 0 Å². The lowest BCUT2D eigenvalue weighted by Gasteiger charge is -2.08. The van der Waals surface area contributed by atoms with Crippen molar-refractivity contribution in [1.82, 2.24) is 5.32 Å². The second-order valence-electron chi connectivity index (χ2n) is 6.14. The van der Waals surface area contributed by atoms with E-state index in [1.807, 2.05) is 6.07 Å². The second-order valence-corrected chi connectivity index (χ2v) is 6.14. The minimum Gasteiger partial charge on any atom is -0.494 e. The van der Waals surface area contributed by atoms with E-state index in [-0.39, 0.29) is 17.3 Å². The van der Waals surface area contributed by atoms with Crippen LogP contribution in [-0.2, 0) is 11.2 Å². The van der Waals surface area contributed by atoms with Gasteiger partial charge in [-0.1, -0.05) is 12.1 Å². The fourth-order valence-corrected chi connectivity index (χ4v) is 2.50. The molecule has 2 rings (SSSR count). The van der Waals surface area contributed by atoms with Gasteiger partial charge in [0.15, 0.2) is 5.78 Å². The number of ether oxygens (including phenoxy) is 1. The summed E-state index contributed by atoms with van der Waals surface area (Å²) in [4.78, 5) is 34.0. The van der Waals surface area contributed by atoms with Crippen LogP contribution < -0.4 is 10.1 Å². The van der Waals surface area contributed by atoms with Crippen molar-refractivity contribution in [3.63, 3.8) is 0 Å². The molecule has 0 fully saturated rings. The molecule has 0 aliphatic rings. The quantitative estimate of drug-likeness (QED) is 0.496. The number of amides is 1. The van der Waals surface area contributed by atoms with E-state index in [2.05, 4.69) is 5.32 Å². The Morgan fingerprint density at radius 2 is 1.78 bits per heavy atom. The maximum Gasteiger partial charge on any atom is 0.335 e. The van der Waals surface area contributed by atoms with E-state index < -0.39 is 5.97 Å². The molecule has 2 N–H and O–H groups in total. The van der Waals surface area contributed by atoms with Gasteiger partial charge < -0.3 is 15.2 Å². The molecule has 0 aromatic heterocycles. The molecule has 1 amide bonds. The lowest BCUT2D eigenvalue weighted by molar-refractivity contribution is -0.121. The third-order valence-corrected chi connectivity index (χ3v) is 3.99. The molecule has 0 saturated heterocycles. The first kappa shape index (κ1) is 20.2. The van der Waals surface area contributed by atoms with Gasteiger partial charge in [0.2, 0.25) is 5.91 Å². The number of aromatic carboxylic acids is 1. The number of Topliss-reactive ketones (excluding diaryl/α,β-unsaturated/α-hetero) is 1. The molecule has 0 saturated carbocycles. The van der Waals surface area contributed by atoms with Gasteiger partial charge in [0.05, 0.1) is 12.2 Å². The molecule has 27 heavy (non-hydrogen) atoms. The van der Waals surface area contributed by atoms with Crippen LogP contribution >= 0.6 is 0 Å². The van der Waals surface area contributed by atoms with Crippen LogP contribution in [0, 0.1) is 0 Å². The standard InChI is InChI=1S/C21H23NO5/c1-15(23)17-7-9-19(10-8-17)27-13-3-6-20(24)22-12-11-16-4-2-5-18(14-16)21(25)26/h2,4-5,7-10,14H,3,6,11-13H2,1H3,(H,22,24)(H,25,26). The highest BCUT2D eigenvalue weighted by Gasteiger charge is 2.05. The first-order valence-corrected chi connectivity index (χ1v) is 8.78. The lowest BCUT2D eigenvalue weighted by Crippen LogP contribution is -2.25. The number of hydrogen-bond acceptors (Lipinski definition) is 4. The van der Waals surface area contributed by atoms with Crippen molar-refractivity contribution < 1.29 is 24.2 Å². The summed E-state index contributed by atoms with van der Waals surface area (Å²) in [5.41, 5.74) is 1.75. The topological polar surface area (TPSA) is 92.7 Å². The summed E-state index contributed by atoms with van der Waals surface area (Å²) in [6, 6.07) is 13.6.